The minimum Gasteiger partial charge on any atom is -0.497 e. The van der Waals surface area contributed by atoms with Gasteiger partial charge in [-0.25, -0.2) is 10.9 Å². The number of hydrazine groups is 1. The van der Waals surface area contributed by atoms with Crippen molar-refractivity contribution < 1.29 is 14.2 Å². The predicted molar refractivity (Wildman–Crippen MR) is 123 cm³/mol. The molecule has 1 saturated heterocycles. The van der Waals surface area contributed by atoms with Crippen LogP contribution in [0.25, 0.3) is 0 Å². The summed E-state index contributed by atoms with van der Waals surface area (Å²) in [5.41, 5.74) is 13.4. The topological polar surface area (TPSA) is 55.0 Å². The molecule has 0 bridgehead atoms. The van der Waals surface area contributed by atoms with Crippen molar-refractivity contribution in [1.82, 2.24) is 10.9 Å². The standard InChI is InChI=1S/C26H27N3O3/c1-16-4-3-5-17(10-16)13-29-14-21-25(18-6-8-19(30-2)9-7-18)27-28-26(21)20-11-23-24(12-22(20)29)32-15-31-23/h3-12,21,25-28H,13-15H2,1-2H3. The maximum Gasteiger partial charge on any atom is 0.231 e. The summed E-state index contributed by atoms with van der Waals surface area (Å²) >= 11 is 0. The number of rotatable bonds is 4. The minimum absolute atomic E-state index is 0.195. The zero-order valence-corrected chi connectivity index (χ0v) is 18.3. The second-order valence-electron chi connectivity index (χ2n) is 8.81. The van der Waals surface area contributed by atoms with Crippen LogP contribution in [0.3, 0.4) is 0 Å². The van der Waals surface area contributed by atoms with E-state index in [-0.39, 0.29) is 18.9 Å². The Balaban J connectivity index is 1.38. The van der Waals surface area contributed by atoms with Crippen LogP contribution in [0.4, 0.5) is 5.69 Å². The maximum atomic E-state index is 5.72. The largest absolute Gasteiger partial charge is 0.497 e. The fourth-order valence-electron chi connectivity index (χ4n) is 5.25. The summed E-state index contributed by atoms with van der Waals surface area (Å²) in [5.74, 6) is 2.89. The molecule has 0 aromatic heterocycles. The molecule has 6 nitrogen and oxygen atoms in total. The number of aryl methyl sites for hydroxylation is 1. The average molecular weight is 430 g/mol. The van der Waals surface area contributed by atoms with Crippen molar-refractivity contribution in [2.24, 2.45) is 5.92 Å². The Morgan fingerprint density at radius 3 is 2.53 bits per heavy atom. The van der Waals surface area contributed by atoms with Crippen molar-refractivity contribution in [1.29, 1.82) is 0 Å². The summed E-state index contributed by atoms with van der Waals surface area (Å²) in [6.45, 7) is 4.21. The lowest BCUT2D eigenvalue weighted by Crippen LogP contribution is -2.39. The van der Waals surface area contributed by atoms with Gasteiger partial charge >= 0.3 is 0 Å². The van der Waals surface area contributed by atoms with Gasteiger partial charge in [-0.2, -0.15) is 0 Å². The normalized spacial score (nSPS) is 23.1. The van der Waals surface area contributed by atoms with Crippen molar-refractivity contribution in [2.45, 2.75) is 25.6 Å². The molecule has 3 aromatic carbocycles. The Morgan fingerprint density at radius 2 is 1.75 bits per heavy atom. The molecule has 3 heterocycles. The number of nitrogens with zero attached hydrogens (tertiary/aromatic N) is 1. The van der Waals surface area contributed by atoms with E-state index in [2.05, 4.69) is 71.2 Å². The lowest BCUT2D eigenvalue weighted by Gasteiger charge is -2.39. The molecule has 0 radical (unpaired) electrons. The van der Waals surface area contributed by atoms with E-state index >= 15 is 0 Å². The van der Waals surface area contributed by atoms with Gasteiger partial charge in [0.2, 0.25) is 6.79 Å². The Morgan fingerprint density at radius 1 is 0.969 bits per heavy atom. The van der Waals surface area contributed by atoms with Crippen molar-refractivity contribution in [3.8, 4) is 17.2 Å². The highest BCUT2D eigenvalue weighted by molar-refractivity contribution is 5.66. The highest BCUT2D eigenvalue weighted by atomic mass is 16.7. The van der Waals surface area contributed by atoms with E-state index in [0.29, 0.717) is 5.92 Å². The predicted octanol–water partition coefficient (Wildman–Crippen LogP) is 4.26. The quantitative estimate of drug-likeness (QED) is 0.647. The van der Waals surface area contributed by atoms with Crippen LogP contribution in [0.5, 0.6) is 17.2 Å². The first-order valence-corrected chi connectivity index (χ1v) is 11.1. The van der Waals surface area contributed by atoms with Crippen LogP contribution >= 0.6 is 0 Å². The van der Waals surface area contributed by atoms with E-state index in [1.54, 1.807) is 7.11 Å². The third-order valence-corrected chi connectivity index (χ3v) is 6.81. The molecule has 164 valence electrons. The molecular formula is C26H27N3O3. The Bertz CT molecular complexity index is 1150. The molecule has 3 aromatic rings. The summed E-state index contributed by atoms with van der Waals surface area (Å²) in [7, 11) is 1.70. The van der Waals surface area contributed by atoms with Gasteiger partial charge in [-0.1, -0.05) is 42.0 Å². The van der Waals surface area contributed by atoms with E-state index in [1.165, 1.54) is 27.9 Å². The number of benzene rings is 3. The molecule has 6 heteroatoms. The molecule has 3 unspecified atom stereocenters. The SMILES string of the molecule is COc1ccc(C2NNC3c4cc5c(cc4N(Cc4cccc(C)c4)CC23)OCO5)cc1. The van der Waals surface area contributed by atoms with Gasteiger partial charge in [0, 0.05) is 30.8 Å². The molecule has 0 amide bonds. The summed E-state index contributed by atoms with van der Waals surface area (Å²) in [6, 6.07) is 21.8. The molecule has 6 rings (SSSR count). The molecule has 0 aliphatic carbocycles. The van der Waals surface area contributed by atoms with E-state index < -0.39 is 0 Å². The number of hydrogen-bond donors (Lipinski definition) is 2. The molecule has 0 spiro atoms. The lowest BCUT2D eigenvalue weighted by molar-refractivity contribution is 0.174. The van der Waals surface area contributed by atoms with Crippen molar-refractivity contribution in [2.75, 3.05) is 25.3 Å². The average Bonchev–Trinajstić information content (AvgIpc) is 3.44. The third kappa shape index (κ3) is 3.27. The van der Waals surface area contributed by atoms with Crippen LogP contribution in [0.15, 0.2) is 60.7 Å². The monoisotopic (exact) mass is 429 g/mol. The second kappa shape index (κ2) is 7.73. The van der Waals surface area contributed by atoms with Gasteiger partial charge in [0.25, 0.3) is 0 Å². The fourth-order valence-corrected chi connectivity index (χ4v) is 5.25. The van der Waals surface area contributed by atoms with E-state index in [9.17, 15) is 0 Å². The van der Waals surface area contributed by atoms with Gasteiger partial charge in [-0.05, 0) is 41.8 Å². The minimum atomic E-state index is 0.195. The second-order valence-corrected chi connectivity index (χ2v) is 8.81. The first kappa shape index (κ1) is 19.5. The van der Waals surface area contributed by atoms with Crippen LogP contribution in [0.1, 0.15) is 34.3 Å². The number of nitrogens with one attached hydrogen (secondary N) is 2. The van der Waals surface area contributed by atoms with Crippen LogP contribution < -0.4 is 30.0 Å². The molecule has 32 heavy (non-hydrogen) atoms. The molecular weight excluding hydrogens is 402 g/mol. The molecule has 1 fully saturated rings. The Labute approximate surface area is 188 Å². The fraction of sp³-hybridized carbons (Fsp3) is 0.308. The summed E-state index contributed by atoms with van der Waals surface area (Å²) in [6.07, 6.45) is 0. The molecule has 2 N–H and O–H groups in total. The summed E-state index contributed by atoms with van der Waals surface area (Å²) < 4.78 is 16.8. The van der Waals surface area contributed by atoms with Crippen LogP contribution in [-0.4, -0.2) is 20.4 Å². The molecule has 3 aliphatic rings. The van der Waals surface area contributed by atoms with Crippen molar-refractivity contribution in [3.63, 3.8) is 0 Å². The number of ether oxygens (including phenoxy) is 3. The van der Waals surface area contributed by atoms with Gasteiger partial charge < -0.3 is 19.1 Å². The van der Waals surface area contributed by atoms with Crippen molar-refractivity contribution in [3.05, 3.63) is 82.9 Å². The van der Waals surface area contributed by atoms with Crippen LogP contribution in [0, 0.1) is 12.8 Å². The smallest absolute Gasteiger partial charge is 0.231 e. The van der Waals surface area contributed by atoms with Gasteiger partial charge in [0.1, 0.15) is 5.75 Å². The van der Waals surface area contributed by atoms with Gasteiger partial charge in [-0.15, -0.1) is 0 Å². The lowest BCUT2D eigenvalue weighted by atomic mass is 9.81. The van der Waals surface area contributed by atoms with Crippen LogP contribution in [0.2, 0.25) is 0 Å². The maximum absolute atomic E-state index is 5.72. The highest BCUT2D eigenvalue weighted by Gasteiger charge is 2.44. The highest BCUT2D eigenvalue weighted by Crippen LogP contribution is 2.49. The van der Waals surface area contributed by atoms with Gasteiger partial charge in [-0.3, -0.25) is 0 Å². The van der Waals surface area contributed by atoms with E-state index in [1.807, 2.05) is 12.1 Å². The number of anilines is 1. The zero-order valence-electron chi connectivity index (χ0n) is 18.3. The number of methoxy groups -OCH3 is 1. The first-order chi connectivity index (χ1) is 15.7. The van der Waals surface area contributed by atoms with Gasteiger partial charge in [0.15, 0.2) is 11.5 Å². The number of hydrogen-bond acceptors (Lipinski definition) is 6. The first-order valence-electron chi connectivity index (χ1n) is 11.1. The van der Waals surface area contributed by atoms with E-state index in [0.717, 1.165) is 30.3 Å². The summed E-state index contributed by atoms with van der Waals surface area (Å²) in [5, 5.41) is 0. The van der Waals surface area contributed by atoms with Crippen molar-refractivity contribution >= 4 is 5.69 Å². The van der Waals surface area contributed by atoms with Gasteiger partial charge in [0.05, 0.1) is 19.2 Å². The molecule has 3 atom stereocenters. The molecule has 3 aliphatic heterocycles. The third-order valence-electron chi connectivity index (χ3n) is 6.81. The Hall–Kier alpha value is -3.22. The van der Waals surface area contributed by atoms with E-state index in [4.69, 9.17) is 14.2 Å². The Kier molecular flexibility index (Phi) is 4.70. The molecule has 0 saturated carbocycles. The zero-order chi connectivity index (χ0) is 21.7. The summed E-state index contributed by atoms with van der Waals surface area (Å²) in [4.78, 5) is 2.48. The number of fused-ring (bicyclic) bond motifs is 4. The van der Waals surface area contributed by atoms with Crippen LogP contribution in [-0.2, 0) is 6.54 Å².